The predicted octanol–water partition coefficient (Wildman–Crippen LogP) is 3.72. The number of rotatable bonds is 7. The Bertz CT molecular complexity index is 1030. The number of primary sulfonamides is 1. The maximum absolute atomic E-state index is 13.2. The molecule has 0 radical (unpaired) electrons. The Kier molecular flexibility index (Phi) is 5.96. The molecule has 0 aliphatic carbocycles. The summed E-state index contributed by atoms with van der Waals surface area (Å²) in [4.78, 5) is 0.100. The Morgan fingerprint density at radius 1 is 1.07 bits per heavy atom. The molecule has 0 spiro atoms. The van der Waals surface area contributed by atoms with Crippen LogP contribution in [0.25, 0.3) is 11.3 Å². The number of furan rings is 1. The average Bonchev–Trinajstić information content (AvgIpc) is 3.10. The molecular weight excluding hydrogens is 391 g/mol. The molecule has 1 heterocycles. The first kappa shape index (κ1) is 19.6. The summed E-state index contributed by atoms with van der Waals surface area (Å²) in [6.45, 7) is 1.22. The van der Waals surface area contributed by atoms with Gasteiger partial charge in [-0.15, -0.1) is 0 Å². The monoisotopic (exact) mass is 408 g/mol. The van der Waals surface area contributed by atoms with Gasteiger partial charge >= 0.3 is 0 Å². The Morgan fingerprint density at radius 2 is 1.81 bits per heavy atom. The van der Waals surface area contributed by atoms with Crippen molar-refractivity contribution in [3.8, 4) is 11.3 Å². The van der Waals surface area contributed by atoms with E-state index in [1.54, 1.807) is 18.2 Å². The molecule has 0 atom stereocenters. The topological polar surface area (TPSA) is 85.3 Å². The predicted molar refractivity (Wildman–Crippen MR) is 102 cm³/mol. The minimum atomic E-state index is -3.66. The third-order valence-corrected chi connectivity index (χ3v) is 5.23. The maximum atomic E-state index is 13.2. The largest absolute Gasteiger partial charge is 0.460 e. The lowest BCUT2D eigenvalue weighted by atomic mass is 10.1. The number of hydrogen-bond donors (Lipinski definition) is 2. The molecule has 0 amide bonds. The first-order valence-corrected chi connectivity index (χ1v) is 10.1. The molecule has 0 unspecified atom stereocenters. The van der Waals surface area contributed by atoms with Gasteiger partial charge in [-0.05, 0) is 61.0 Å². The van der Waals surface area contributed by atoms with Crippen LogP contribution >= 0.6 is 11.6 Å². The minimum absolute atomic E-state index is 0.0528. The number of sulfonamides is 1. The molecule has 3 aromatic rings. The van der Waals surface area contributed by atoms with Gasteiger partial charge in [0.15, 0.2) is 0 Å². The average molecular weight is 409 g/mol. The maximum Gasteiger partial charge on any atom is 0.238 e. The van der Waals surface area contributed by atoms with Crippen molar-refractivity contribution in [1.82, 2.24) is 5.32 Å². The zero-order chi connectivity index (χ0) is 19.4. The molecule has 3 N–H and O–H groups in total. The molecule has 0 fully saturated rings. The van der Waals surface area contributed by atoms with Gasteiger partial charge < -0.3 is 9.73 Å². The fourth-order valence-corrected chi connectivity index (χ4v) is 3.26. The molecule has 5 nitrogen and oxygen atoms in total. The van der Waals surface area contributed by atoms with Crippen LogP contribution in [0.2, 0.25) is 5.02 Å². The quantitative estimate of drug-likeness (QED) is 0.583. The summed E-state index contributed by atoms with van der Waals surface area (Å²) in [6, 6.07) is 14.6. The van der Waals surface area contributed by atoms with E-state index in [1.807, 2.05) is 12.1 Å². The van der Waals surface area contributed by atoms with Crippen molar-refractivity contribution in [1.29, 1.82) is 0 Å². The lowest BCUT2D eigenvalue weighted by molar-refractivity contribution is 0.494. The number of halogens is 2. The van der Waals surface area contributed by atoms with Gasteiger partial charge in [0.05, 0.1) is 16.5 Å². The number of nitrogens with two attached hydrogens (primary N) is 1. The van der Waals surface area contributed by atoms with Gasteiger partial charge in [-0.25, -0.2) is 17.9 Å². The summed E-state index contributed by atoms with van der Waals surface area (Å²) in [5.41, 5.74) is 1.71. The van der Waals surface area contributed by atoms with Gasteiger partial charge in [0.2, 0.25) is 10.0 Å². The Morgan fingerprint density at radius 3 is 2.48 bits per heavy atom. The summed E-state index contributed by atoms with van der Waals surface area (Å²) in [7, 11) is -3.66. The number of nitrogens with one attached hydrogen (secondary N) is 1. The second kappa shape index (κ2) is 8.22. The Labute approximate surface area is 162 Å². The van der Waals surface area contributed by atoms with Crippen molar-refractivity contribution >= 4 is 21.6 Å². The SMILES string of the molecule is NS(=O)(=O)c1ccc(CCNCc2ccc(-c3ccc(F)c(Cl)c3)o2)cc1. The minimum Gasteiger partial charge on any atom is -0.460 e. The first-order chi connectivity index (χ1) is 12.8. The van der Waals surface area contributed by atoms with Crippen molar-refractivity contribution in [3.05, 3.63) is 76.8 Å². The highest BCUT2D eigenvalue weighted by Crippen LogP contribution is 2.26. The molecule has 2 aromatic carbocycles. The highest BCUT2D eigenvalue weighted by molar-refractivity contribution is 7.89. The zero-order valence-corrected chi connectivity index (χ0v) is 15.9. The third kappa shape index (κ3) is 5.17. The normalized spacial score (nSPS) is 11.7. The number of hydrogen-bond acceptors (Lipinski definition) is 4. The van der Waals surface area contributed by atoms with Crippen molar-refractivity contribution in [2.24, 2.45) is 5.14 Å². The van der Waals surface area contributed by atoms with E-state index in [1.165, 1.54) is 24.3 Å². The fourth-order valence-electron chi connectivity index (χ4n) is 2.57. The van der Waals surface area contributed by atoms with E-state index < -0.39 is 15.8 Å². The molecule has 27 heavy (non-hydrogen) atoms. The molecule has 0 aliphatic rings. The summed E-state index contributed by atoms with van der Waals surface area (Å²) in [5, 5.41) is 8.39. The standard InChI is InChI=1S/C19H18ClFN2O3S/c20-17-11-14(3-7-18(17)21)19-8-4-15(26-19)12-23-10-9-13-1-5-16(6-2-13)27(22,24)25/h1-8,11,23H,9-10,12H2,(H2,22,24,25). The summed E-state index contributed by atoms with van der Waals surface area (Å²) < 4.78 is 41.4. The van der Waals surface area contributed by atoms with Crippen molar-refractivity contribution in [2.75, 3.05) is 6.54 Å². The van der Waals surface area contributed by atoms with Crippen LogP contribution in [-0.2, 0) is 23.0 Å². The first-order valence-electron chi connectivity index (χ1n) is 8.19. The van der Waals surface area contributed by atoms with Crippen molar-refractivity contribution in [2.45, 2.75) is 17.9 Å². The van der Waals surface area contributed by atoms with E-state index in [0.717, 1.165) is 17.7 Å². The fraction of sp³-hybridized carbons (Fsp3) is 0.158. The van der Waals surface area contributed by atoms with Crippen LogP contribution in [0.1, 0.15) is 11.3 Å². The van der Waals surface area contributed by atoms with Gasteiger partial charge in [0.1, 0.15) is 17.3 Å². The molecule has 0 aliphatic heterocycles. The van der Waals surface area contributed by atoms with E-state index in [9.17, 15) is 12.8 Å². The van der Waals surface area contributed by atoms with Gasteiger partial charge in [-0.1, -0.05) is 23.7 Å². The van der Waals surface area contributed by atoms with Crippen molar-refractivity contribution < 1.29 is 17.2 Å². The zero-order valence-electron chi connectivity index (χ0n) is 14.3. The third-order valence-electron chi connectivity index (χ3n) is 4.01. The Balaban J connectivity index is 1.51. The lowest BCUT2D eigenvalue weighted by Gasteiger charge is -2.05. The molecule has 8 heteroatoms. The van der Waals surface area contributed by atoms with E-state index in [2.05, 4.69) is 5.32 Å². The van der Waals surface area contributed by atoms with Crippen LogP contribution in [0.15, 0.2) is 63.9 Å². The molecule has 3 rings (SSSR count). The summed E-state index contributed by atoms with van der Waals surface area (Å²) in [6.07, 6.45) is 0.728. The van der Waals surface area contributed by atoms with Gasteiger partial charge in [-0.3, -0.25) is 0 Å². The van der Waals surface area contributed by atoms with Gasteiger partial charge in [0.25, 0.3) is 0 Å². The van der Waals surface area contributed by atoms with Crippen molar-refractivity contribution in [3.63, 3.8) is 0 Å². The van der Waals surface area contributed by atoms with Crippen LogP contribution in [0.3, 0.4) is 0 Å². The molecule has 0 bridgehead atoms. The summed E-state index contributed by atoms with van der Waals surface area (Å²) >= 11 is 5.80. The van der Waals surface area contributed by atoms with E-state index in [-0.39, 0.29) is 9.92 Å². The number of benzene rings is 2. The highest BCUT2D eigenvalue weighted by Gasteiger charge is 2.08. The lowest BCUT2D eigenvalue weighted by Crippen LogP contribution is -2.16. The molecular formula is C19H18ClFN2O3S. The van der Waals surface area contributed by atoms with E-state index >= 15 is 0 Å². The second-order valence-electron chi connectivity index (χ2n) is 6.01. The molecule has 1 aromatic heterocycles. The van der Waals surface area contributed by atoms with E-state index in [0.29, 0.717) is 24.4 Å². The van der Waals surface area contributed by atoms with Crippen LogP contribution in [0, 0.1) is 5.82 Å². The molecule has 0 saturated heterocycles. The molecule has 142 valence electrons. The van der Waals surface area contributed by atoms with Gasteiger partial charge in [0, 0.05) is 5.56 Å². The highest BCUT2D eigenvalue weighted by atomic mass is 35.5. The van der Waals surface area contributed by atoms with Crippen LogP contribution in [0.4, 0.5) is 4.39 Å². The smallest absolute Gasteiger partial charge is 0.238 e. The second-order valence-corrected chi connectivity index (χ2v) is 7.98. The Hall–Kier alpha value is -2.19. The van der Waals surface area contributed by atoms with Gasteiger partial charge in [-0.2, -0.15) is 0 Å². The van der Waals surface area contributed by atoms with Crippen LogP contribution in [0.5, 0.6) is 0 Å². The van der Waals surface area contributed by atoms with Crippen LogP contribution in [-0.4, -0.2) is 15.0 Å². The van der Waals surface area contributed by atoms with E-state index in [4.69, 9.17) is 21.2 Å². The van der Waals surface area contributed by atoms with Crippen LogP contribution < -0.4 is 10.5 Å². The summed E-state index contributed by atoms with van der Waals surface area (Å²) in [5.74, 6) is 0.897. The molecule has 0 saturated carbocycles.